The molecule has 0 rings (SSSR count). The van der Waals surface area contributed by atoms with Gasteiger partial charge in [-0.25, -0.2) is 0 Å². The van der Waals surface area contributed by atoms with E-state index in [1.165, 1.54) is 0 Å². The third-order valence-corrected chi connectivity index (χ3v) is 0. The Kier molecular flexibility index (Phi) is 5810. The standard InChI is InChI=1S/Be.Ce.5H2O/h;;5*1H2/q+2;+3;;;;;/p-5. The van der Waals surface area contributed by atoms with Crippen molar-refractivity contribution in [2.24, 2.45) is 0 Å². The van der Waals surface area contributed by atoms with Crippen molar-refractivity contribution in [3.63, 3.8) is 0 Å². The zero-order chi connectivity index (χ0) is 0. The summed E-state index contributed by atoms with van der Waals surface area (Å²) < 4.78 is 0. The largest absolute Gasteiger partial charge is 3.00 e. The van der Waals surface area contributed by atoms with Crippen molar-refractivity contribution in [2.75, 3.05) is 0 Å². The summed E-state index contributed by atoms with van der Waals surface area (Å²) in [4.78, 5) is 0. The molecule has 0 aliphatic rings. The molecule has 0 aromatic heterocycles. The SMILES string of the molecule is [Be+2].[Ce+3].[OH-].[OH-].[OH-].[OH-].[OH-]. The molecule has 0 saturated carbocycles. The minimum Gasteiger partial charge on any atom is -0.870 e. The molecule has 0 amide bonds. The number of hydrogen-bond donors (Lipinski definition) is 0. The van der Waals surface area contributed by atoms with Gasteiger partial charge in [0.05, 0.1) is 0 Å². The molecule has 5 N–H and O–H groups in total. The second-order valence-corrected chi connectivity index (χ2v) is 0. The van der Waals surface area contributed by atoms with Gasteiger partial charge in [-0.1, -0.05) is 0 Å². The van der Waals surface area contributed by atoms with Gasteiger partial charge in [0.1, 0.15) is 0 Å². The van der Waals surface area contributed by atoms with E-state index in [1.54, 1.807) is 0 Å². The van der Waals surface area contributed by atoms with Crippen LogP contribution in [0.4, 0.5) is 0 Å². The molecule has 0 aliphatic carbocycles. The van der Waals surface area contributed by atoms with Gasteiger partial charge in [0, 0.05) is 0 Å². The molecular formula is H5BeCeO5. The molecule has 0 aromatic carbocycles. The Hall–Kier alpha value is 1.35. The van der Waals surface area contributed by atoms with Gasteiger partial charge in [-0.15, -0.1) is 0 Å². The molecule has 0 aliphatic heterocycles. The van der Waals surface area contributed by atoms with Crippen LogP contribution in [-0.2, 0) is 0 Å². The summed E-state index contributed by atoms with van der Waals surface area (Å²) >= 11 is 0. The molecule has 0 saturated heterocycles. The van der Waals surface area contributed by atoms with Crippen molar-refractivity contribution in [3.8, 4) is 0 Å². The van der Waals surface area contributed by atoms with Gasteiger partial charge in [-0.05, 0) is 0 Å². The van der Waals surface area contributed by atoms with Crippen LogP contribution in [0.5, 0.6) is 0 Å². The Morgan fingerprint density at radius 1 is 0.429 bits per heavy atom. The second-order valence-electron chi connectivity index (χ2n) is 0. The fraction of sp³-hybridized carbons (Fsp3) is 0. The van der Waals surface area contributed by atoms with E-state index in [1.807, 2.05) is 0 Å². The summed E-state index contributed by atoms with van der Waals surface area (Å²) in [5.41, 5.74) is 0. The smallest absolute Gasteiger partial charge is 0.870 e. The molecule has 0 atom stereocenters. The molecule has 7 heavy (non-hydrogen) atoms. The Morgan fingerprint density at radius 2 is 0.429 bits per heavy atom. The summed E-state index contributed by atoms with van der Waals surface area (Å²) in [5.74, 6) is 0. The van der Waals surface area contributed by atoms with Crippen molar-refractivity contribution in [1.29, 1.82) is 0 Å². The predicted octanol–water partition coefficient (Wildman–Crippen LogP) is -1.26. The Bertz CT molecular complexity index is 8.04. The number of hydrogen-bond acceptors (Lipinski definition) is 5. The average Bonchev–Trinajstić information content (AvgIpc) is 0. The molecular weight excluding hydrogens is 229 g/mol. The molecule has 0 fully saturated rings. The monoisotopic (exact) mass is 234 g/mol. The van der Waals surface area contributed by atoms with E-state index in [-0.39, 0.29) is 79.2 Å². The van der Waals surface area contributed by atoms with Crippen LogP contribution in [0.2, 0.25) is 0 Å². The molecule has 0 heterocycles. The van der Waals surface area contributed by atoms with Gasteiger partial charge in [0.2, 0.25) is 0 Å². The van der Waals surface area contributed by atoms with Gasteiger partial charge < -0.3 is 27.4 Å². The fourth-order valence-electron chi connectivity index (χ4n) is 0. The normalized spacial score (nSPS) is 0. The Labute approximate surface area is 78.6 Å². The maximum Gasteiger partial charge on any atom is 3.00 e. The van der Waals surface area contributed by atoms with Crippen LogP contribution in [-0.4, -0.2) is 37.5 Å². The van der Waals surface area contributed by atoms with E-state index in [2.05, 4.69) is 0 Å². The van der Waals surface area contributed by atoms with Crippen molar-refractivity contribution >= 4 is 10.1 Å². The maximum absolute atomic E-state index is 0. The van der Waals surface area contributed by atoms with Crippen LogP contribution in [0.1, 0.15) is 0 Å². The van der Waals surface area contributed by atoms with Crippen LogP contribution in [0.15, 0.2) is 0 Å². The average molecular weight is 234 g/mol. The van der Waals surface area contributed by atoms with Crippen molar-refractivity contribution in [2.45, 2.75) is 0 Å². The first-order valence-corrected chi connectivity index (χ1v) is 0. The van der Waals surface area contributed by atoms with E-state index in [0.717, 1.165) is 0 Å². The first-order chi connectivity index (χ1) is 0. The third kappa shape index (κ3) is 116. The Balaban J connectivity index is 0. The molecule has 1 radical (unpaired) electrons. The van der Waals surface area contributed by atoms with Gasteiger partial charge in [-0.2, -0.15) is 0 Å². The van der Waals surface area contributed by atoms with Gasteiger partial charge in [0.25, 0.3) is 0 Å². The van der Waals surface area contributed by atoms with E-state index < -0.39 is 0 Å². The maximum atomic E-state index is 0. The minimum atomic E-state index is 0. The van der Waals surface area contributed by atoms with Crippen LogP contribution in [0, 0.1) is 41.7 Å². The van der Waals surface area contributed by atoms with E-state index >= 15 is 0 Å². The molecule has 0 aromatic rings. The zero-order valence-electron chi connectivity index (χ0n) is 3.44. The number of rotatable bonds is 0. The molecule has 0 bridgehead atoms. The summed E-state index contributed by atoms with van der Waals surface area (Å²) in [6.45, 7) is 0. The predicted molar refractivity (Wildman–Crippen MR) is 15.4 cm³/mol. The van der Waals surface area contributed by atoms with Crippen LogP contribution in [0.25, 0.3) is 0 Å². The molecule has 0 unspecified atom stereocenters. The van der Waals surface area contributed by atoms with Gasteiger partial charge in [0.15, 0.2) is 0 Å². The summed E-state index contributed by atoms with van der Waals surface area (Å²) in [5, 5.41) is 0. The van der Waals surface area contributed by atoms with Gasteiger partial charge >= 0.3 is 51.9 Å². The van der Waals surface area contributed by atoms with Crippen LogP contribution in [0.3, 0.4) is 0 Å². The van der Waals surface area contributed by atoms with Crippen LogP contribution >= 0.6 is 0 Å². The molecule has 0 spiro atoms. The van der Waals surface area contributed by atoms with E-state index in [4.69, 9.17) is 0 Å². The third-order valence-electron chi connectivity index (χ3n) is 0. The first kappa shape index (κ1) is 249. The first-order valence-electron chi connectivity index (χ1n) is 0. The van der Waals surface area contributed by atoms with Gasteiger partial charge in [-0.3, -0.25) is 0 Å². The van der Waals surface area contributed by atoms with Crippen molar-refractivity contribution in [3.05, 3.63) is 0 Å². The summed E-state index contributed by atoms with van der Waals surface area (Å²) in [6.07, 6.45) is 0. The quantitative estimate of drug-likeness (QED) is 0.479. The topological polar surface area (TPSA) is 150 Å². The minimum absolute atomic E-state index is 0. The molecule has 5 nitrogen and oxygen atoms in total. The Morgan fingerprint density at radius 3 is 0.429 bits per heavy atom. The van der Waals surface area contributed by atoms with E-state index in [9.17, 15) is 0 Å². The molecule has 7 heteroatoms. The fourth-order valence-corrected chi connectivity index (χ4v) is 0. The van der Waals surface area contributed by atoms with E-state index in [0.29, 0.717) is 0 Å². The van der Waals surface area contributed by atoms with Crippen LogP contribution < -0.4 is 0 Å². The summed E-state index contributed by atoms with van der Waals surface area (Å²) in [6, 6.07) is 0. The van der Waals surface area contributed by atoms with Crippen molar-refractivity contribution in [1.82, 2.24) is 0 Å². The second kappa shape index (κ2) is 163. The van der Waals surface area contributed by atoms with Crippen molar-refractivity contribution < 1.29 is 69.1 Å². The zero-order valence-corrected chi connectivity index (χ0v) is 6.58. The molecule has 41 valence electrons. The summed E-state index contributed by atoms with van der Waals surface area (Å²) in [7, 11) is 0.